The average molecular weight is 720 g/mol. The summed E-state index contributed by atoms with van der Waals surface area (Å²) in [4.78, 5) is 0. The Kier molecular flexibility index (Phi) is 36.8. The third-order valence-electron chi connectivity index (χ3n) is 0. The Labute approximate surface area is 214 Å². The van der Waals surface area contributed by atoms with Crippen LogP contribution < -0.4 is 145 Å². The van der Waals surface area contributed by atoms with E-state index in [1.807, 2.05) is 0 Å². The zero-order chi connectivity index (χ0) is 22.5. The van der Waals surface area contributed by atoms with Gasteiger partial charge in [-0.1, -0.05) is 0 Å². The fourth-order valence-corrected chi connectivity index (χ4v) is 0. The van der Waals surface area contributed by atoms with Crippen LogP contribution in [0.25, 0.3) is 0 Å². The van der Waals surface area contributed by atoms with Gasteiger partial charge in [-0.2, -0.15) is 0 Å². The molecule has 0 saturated carbocycles. The minimum absolute atomic E-state index is 0. The molecule has 0 spiro atoms. The number of hydrogen-bond acceptors (Lipinski definition) is 20. The van der Waals surface area contributed by atoms with Crippen molar-refractivity contribution in [1.29, 1.82) is 0 Å². The summed E-state index contributed by atoms with van der Waals surface area (Å²) in [5, 5.41) is 0. The number of hydrogen-bond donors (Lipinski definition) is 0. The van der Waals surface area contributed by atoms with Crippen LogP contribution in [0.2, 0.25) is 0 Å². The SMILES string of the molecule is [K+].[O-][Cl+3]([O-])([O-])[O-].[O-][Cl+3]([O-])([O-])[O-].[O-][Cl+3]([O-])([O-])[O-].[O-][Cl+3]([O-])([O-])[O-].[O-][Cl+3]([O-])([O-])[O-].[W]. The maximum Gasteiger partial charge on any atom is 1.00 e. The molecule has 166 valence electrons. The Morgan fingerprint density at radius 2 is 0.222 bits per heavy atom. The molecular formula is Cl5KO20W-4. The van der Waals surface area contributed by atoms with Gasteiger partial charge in [-0.3, -0.25) is 0 Å². The predicted molar refractivity (Wildman–Crippen MR) is 0 cm³/mol. The molecule has 0 amide bonds. The van der Waals surface area contributed by atoms with E-state index in [9.17, 15) is 0 Å². The number of halogens is 5. The predicted octanol–water partition coefficient (Wildman–Crippen LogP) is -26.8. The minimum atomic E-state index is -4.94. The molecule has 0 bridgehead atoms. The Hall–Kier alpha value is 2.97. The van der Waals surface area contributed by atoms with E-state index in [-0.39, 0.29) is 72.4 Å². The molecule has 0 N–H and O–H groups in total. The molecule has 0 saturated heterocycles. The molecule has 0 radical (unpaired) electrons. The molecule has 0 rings (SSSR count). The van der Waals surface area contributed by atoms with Crippen LogP contribution in [0.4, 0.5) is 0 Å². The van der Waals surface area contributed by atoms with Crippen LogP contribution in [0.5, 0.6) is 0 Å². The summed E-state index contributed by atoms with van der Waals surface area (Å²) in [5.41, 5.74) is 0. The van der Waals surface area contributed by atoms with E-state index < -0.39 is 51.2 Å². The zero-order valence-corrected chi connectivity index (χ0v) is 21.3. The van der Waals surface area contributed by atoms with Gasteiger partial charge in [0, 0.05) is 21.1 Å². The molecule has 0 aliphatic heterocycles. The Morgan fingerprint density at radius 1 is 0.222 bits per heavy atom. The Bertz CT molecular complexity index is 178. The second-order valence-electron chi connectivity index (χ2n) is 1.89. The molecule has 0 aromatic rings. The van der Waals surface area contributed by atoms with Gasteiger partial charge in [-0.25, -0.2) is 93.2 Å². The summed E-state index contributed by atoms with van der Waals surface area (Å²) in [6, 6.07) is 0. The molecule has 0 unspecified atom stereocenters. The topological polar surface area (TPSA) is 461 Å². The van der Waals surface area contributed by atoms with Gasteiger partial charge in [0.25, 0.3) is 0 Å². The summed E-state index contributed by atoms with van der Waals surface area (Å²) in [7, 11) is -24.7. The zero-order valence-electron chi connectivity index (χ0n) is 11.5. The van der Waals surface area contributed by atoms with Crippen LogP contribution in [0.3, 0.4) is 0 Å². The first-order valence-corrected chi connectivity index (χ1v) is 9.26. The van der Waals surface area contributed by atoms with Gasteiger partial charge in [0.05, 0.1) is 0 Å². The van der Waals surface area contributed by atoms with Gasteiger partial charge in [0.15, 0.2) is 0 Å². The molecule has 27 heavy (non-hydrogen) atoms. The van der Waals surface area contributed by atoms with Crippen molar-refractivity contribution in [2.24, 2.45) is 0 Å². The maximum absolute atomic E-state index is 8.49. The van der Waals surface area contributed by atoms with Crippen LogP contribution in [0, 0.1) is 51.2 Å². The molecule has 0 aromatic carbocycles. The van der Waals surface area contributed by atoms with Crippen LogP contribution in [-0.4, -0.2) is 0 Å². The van der Waals surface area contributed by atoms with Gasteiger partial charge >= 0.3 is 51.4 Å². The van der Waals surface area contributed by atoms with E-state index in [0.29, 0.717) is 0 Å². The maximum atomic E-state index is 8.49. The fourth-order valence-electron chi connectivity index (χ4n) is 0. The Morgan fingerprint density at radius 3 is 0.222 bits per heavy atom. The molecule has 0 fully saturated rings. The van der Waals surface area contributed by atoms with Crippen LogP contribution in [0.1, 0.15) is 0 Å². The molecule has 20 nitrogen and oxygen atoms in total. The molecule has 0 atom stereocenters. The molecule has 0 aliphatic rings. The van der Waals surface area contributed by atoms with Gasteiger partial charge in [-0.15, -0.1) is 51.2 Å². The Balaban J connectivity index is -0.0000000364. The average Bonchev–Trinajstić information content (AvgIpc) is 1.79. The van der Waals surface area contributed by atoms with Gasteiger partial charge in [0.1, 0.15) is 0 Å². The van der Waals surface area contributed by atoms with E-state index in [1.54, 1.807) is 0 Å². The largest absolute Gasteiger partial charge is 1.00 e. The van der Waals surface area contributed by atoms with Crippen LogP contribution >= 0.6 is 0 Å². The first-order valence-electron chi connectivity index (χ1n) is 3.09. The number of rotatable bonds is 0. The standard InChI is InChI=1S/5ClHO4.K.W/c5*2-1(3,4)5;;/h5*(H,2,3,4,5);;/q;;;;;+1;/p-5. The smallest absolute Gasteiger partial charge is 0.222 e. The van der Waals surface area contributed by atoms with E-state index in [0.717, 1.165) is 0 Å². The third kappa shape index (κ3) is 2380. The van der Waals surface area contributed by atoms with Crippen molar-refractivity contribution < 1.29 is 217 Å². The first kappa shape index (κ1) is 47.7. The van der Waals surface area contributed by atoms with Crippen molar-refractivity contribution in [3.8, 4) is 0 Å². The molecule has 0 aromatic heterocycles. The molecule has 0 heterocycles. The third-order valence-corrected chi connectivity index (χ3v) is 0. The van der Waals surface area contributed by atoms with Crippen LogP contribution in [-0.2, 0) is 21.1 Å². The van der Waals surface area contributed by atoms with Crippen LogP contribution in [0.15, 0.2) is 0 Å². The van der Waals surface area contributed by atoms with Crippen molar-refractivity contribution in [3.05, 3.63) is 0 Å². The van der Waals surface area contributed by atoms with Gasteiger partial charge in [-0.05, 0) is 0 Å². The van der Waals surface area contributed by atoms with Crippen molar-refractivity contribution in [1.82, 2.24) is 0 Å². The fraction of sp³-hybridized carbons (Fsp3) is 0. The second kappa shape index (κ2) is 20.9. The molecule has 27 heteroatoms. The second-order valence-corrected chi connectivity index (χ2v) is 5.67. The monoisotopic (exact) mass is 718 g/mol. The van der Waals surface area contributed by atoms with Crippen molar-refractivity contribution in [2.75, 3.05) is 0 Å². The summed E-state index contributed by atoms with van der Waals surface area (Å²) in [6.45, 7) is 0. The van der Waals surface area contributed by atoms with E-state index in [2.05, 4.69) is 0 Å². The van der Waals surface area contributed by atoms with E-state index >= 15 is 0 Å². The van der Waals surface area contributed by atoms with E-state index in [4.69, 9.17) is 93.2 Å². The summed E-state index contributed by atoms with van der Waals surface area (Å²) in [5.74, 6) is 0. The first-order chi connectivity index (χ1) is 10.0. The van der Waals surface area contributed by atoms with Crippen molar-refractivity contribution >= 4 is 0 Å². The van der Waals surface area contributed by atoms with E-state index in [1.165, 1.54) is 0 Å². The normalized spacial score (nSPS) is 11.1. The summed E-state index contributed by atoms with van der Waals surface area (Å²) >= 11 is 0. The summed E-state index contributed by atoms with van der Waals surface area (Å²) < 4.78 is 170. The molecular weight excluding hydrogens is 720 g/mol. The van der Waals surface area contributed by atoms with Gasteiger partial charge in [0.2, 0.25) is 0 Å². The summed E-state index contributed by atoms with van der Waals surface area (Å²) in [6.07, 6.45) is 0. The quantitative estimate of drug-likeness (QED) is 0.210. The van der Waals surface area contributed by atoms with Gasteiger partial charge < -0.3 is 0 Å². The minimum Gasteiger partial charge on any atom is -0.222 e. The van der Waals surface area contributed by atoms with Crippen molar-refractivity contribution in [2.45, 2.75) is 0 Å². The molecule has 0 aliphatic carbocycles. The van der Waals surface area contributed by atoms with Crippen molar-refractivity contribution in [3.63, 3.8) is 0 Å².